The SMILES string of the molecule is CC(C)C[C@H](N)C(=O)NC(C)Cc1cccc(Cl)c1. The van der Waals surface area contributed by atoms with Gasteiger partial charge in [0.25, 0.3) is 0 Å². The quantitative estimate of drug-likeness (QED) is 0.843. The van der Waals surface area contributed by atoms with E-state index in [2.05, 4.69) is 19.2 Å². The predicted molar refractivity (Wildman–Crippen MR) is 80.2 cm³/mol. The van der Waals surface area contributed by atoms with Crippen LogP contribution in [0.4, 0.5) is 0 Å². The zero-order valence-corrected chi connectivity index (χ0v) is 12.6. The molecule has 0 radical (unpaired) electrons. The maximum absolute atomic E-state index is 11.9. The molecule has 106 valence electrons. The van der Waals surface area contributed by atoms with Crippen molar-refractivity contribution in [3.63, 3.8) is 0 Å². The average molecular weight is 283 g/mol. The summed E-state index contributed by atoms with van der Waals surface area (Å²) in [6.45, 7) is 6.09. The van der Waals surface area contributed by atoms with Crippen LogP contribution in [-0.2, 0) is 11.2 Å². The Hall–Kier alpha value is -1.06. The Morgan fingerprint density at radius 3 is 2.63 bits per heavy atom. The van der Waals surface area contributed by atoms with Crippen molar-refractivity contribution in [1.29, 1.82) is 0 Å². The van der Waals surface area contributed by atoms with E-state index in [-0.39, 0.29) is 11.9 Å². The number of carbonyl (C=O) groups is 1. The molecule has 2 atom stereocenters. The smallest absolute Gasteiger partial charge is 0.237 e. The molecule has 0 saturated heterocycles. The third kappa shape index (κ3) is 6.08. The van der Waals surface area contributed by atoms with E-state index in [1.807, 2.05) is 31.2 Å². The Morgan fingerprint density at radius 1 is 1.37 bits per heavy atom. The van der Waals surface area contributed by atoms with Gasteiger partial charge in [0.05, 0.1) is 6.04 Å². The van der Waals surface area contributed by atoms with Gasteiger partial charge in [-0.1, -0.05) is 37.6 Å². The predicted octanol–water partition coefficient (Wildman–Crippen LogP) is 2.76. The van der Waals surface area contributed by atoms with Crippen molar-refractivity contribution >= 4 is 17.5 Å². The van der Waals surface area contributed by atoms with Gasteiger partial charge in [0.15, 0.2) is 0 Å². The Morgan fingerprint density at radius 2 is 2.05 bits per heavy atom. The summed E-state index contributed by atoms with van der Waals surface area (Å²) < 4.78 is 0. The molecule has 1 unspecified atom stereocenters. The molecule has 1 aromatic carbocycles. The molecule has 0 aromatic heterocycles. The molecule has 0 bridgehead atoms. The minimum atomic E-state index is -0.429. The molecular weight excluding hydrogens is 260 g/mol. The minimum Gasteiger partial charge on any atom is -0.352 e. The van der Waals surface area contributed by atoms with E-state index in [1.54, 1.807) is 0 Å². The van der Waals surface area contributed by atoms with Crippen molar-refractivity contribution in [1.82, 2.24) is 5.32 Å². The molecule has 0 saturated carbocycles. The number of amides is 1. The highest BCUT2D eigenvalue weighted by Crippen LogP contribution is 2.12. The lowest BCUT2D eigenvalue weighted by molar-refractivity contribution is -0.123. The number of hydrogen-bond acceptors (Lipinski definition) is 2. The fraction of sp³-hybridized carbons (Fsp3) is 0.533. The summed E-state index contributed by atoms with van der Waals surface area (Å²) in [4.78, 5) is 11.9. The summed E-state index contributed by atoms with van der Waals surface area (Å²) in [5, 5.41) is 3.66. The standard InChI is InChI=1S/C15H23ClN2O/c1-10(2)7-14(17)15(19)18-11(3)8-12-5-4-6-13(16)9-12/h4-6,9-11,14H,7-8,17H2,1-3H3,(H,18,19)/t11?,14-/m0/s1. The van der Waals surface area contributed by atoms with Gasteiger partial charge in [0, 0.05) is 11.1 Å². The van der Waals surface area contributed by atoms with Crippen LogP contribution in [0.3, 0.4) is 0 Å². The van der Waals surface area contributed by atoms with Crippen LogP contribution in [0.15, 0.2) is 24.3 Å². The maximum atomic E-state index is 11.9. The summed E-state index contributed by atoms with van der Waals surface area (Å²) in [6, 6.07) is 7.29. The highest BCUT2D eigenvalue weighted by atomic mass is 35.5. The van der Waals surface area contributed by atoms with E-state index >= 15 is 0 Å². The van der Waals surface area contributed by atoms with Gasteiger partial charge in [-0.25, -0.2) is 0 Å². The van der Waals surface area contributed by atoms with Gasteiger partial charge >= 0.3 is 0 Å². The van der Waals surface area contributed by atoms with Crippen LogP contribution < -0.4 is 11.1 Å². The number of benzene rings is 1. The number of rotatable bonds is 6. The van der Waals surface area contributed by atoms with Crippen LogP contribution >= 0.6 is 11.6 Å². The molecule has 4 heteroatoms. The number of nitrogens with two attached hydrogens (primary N) is 1. The lowest BCUT2D eigenvalue weighted by Gasteiger charge is -2.18. The van der Waals surface area contributed by atoms with E-state index in [9.17, 15) is 4.79 Å². The number of nitrogens with one attached hydrogen (secondary N) is 1. The molecular formula is C15H23ClN2O. The zero-order valence-electron chi connectivity index (χ0n) is 11.8. The lowest BCUT2D eigenvalue weighted by atomic mass is 10.0. The van der Waals surface area contributed by atoms with Crippen LogP contribution in [0, 0.1) is 5.92 Å². The van der Waals surface area contributed by atoms with E-state index in [1.165, 1.54) is 0 Å². The lowest BCUT2D eigenvalue weighted by Crippen LogP contribution is -2.45. The zero-order chi connectivity index (χ0) is 14.4. The molecule has 0 fully saturated rings. The molecule has 1 amide bonds. The third-order valence-electron chi connectivity index (χ3n) is 2.88. The second-order valence-corrected chi connectivity index (χ2v) is 5.92. The molecule has 0 spiro atoms. The molecule has 0 aliphatic carbocycles. The summed E-state index contributed by atoms with van der Waals surface area (Å²) in [7, 11) is 0. The van der Waals surface area contributed by atoms with Crippen LogP contribution in [0.2, 0.25) is 5.02 Å². The van der Waals surface area contributed by atoms with Gasteiger partial charge in [-0.05, 0) is 43.4 Å². The second-order valence-electron chi connectivity index (χ2n) is 5.48. The largest absolute Gasteiger partial charge is 0.352 e. The summed E-state index contributed by atoms with van der Waals surface area (Å²) in [5.41, 5.74) is 6.96. The first-order valence-corrected chi connectivity index (χ1v) is 7.06. The van der Waals surface area contributed by atoms with Crippen molar-refractivity contribution in [2.75, 3.05) is 0 Å². The van der Waals surface area contributed by atoms with E-state index < -0.39 is 6.04 Å². The van der Waals surface area contributed by atoms with Crippen molar-refractivity contribution in [2.45, 2.75) is 45.7 Å². The first-order chi connectivity index (χ1) is 8.88. The van der Waals surface area contributed by atoms with Gasteiger partial charge in [-0.15, -0.1) is 0 Å². The van der Waals surface area contributed by atoms with Gasteiger partial charge in [-0.3, -0.25) is 4.79 Å². The maximum Gasteiger partial charge on any atom is 0.237 e. The normalized spacial score (nSPS) is 14.2. The van der Waals surface area contributed by atoms with Crippen molar-refractivity contribution in [3.8, 4) is 0 Å². The average Bonchev–Trinajstić information content (AvgIpc) is 2.27. The molecule has 0 aliphatic heterocycles. The number of hydrogen-bond donors (Lipinski definition) is 2. The van der Waals surface area contributed by atoms with E-state index in [0.29, 0.717) is 17.4 Å². The topological polar surface area (TPSA) is 55.1 Å². The fourth-order valence-electron chi connectivity index (χ4n) is 2.03. The van der Waals surface area contributed by atoms with Gasteiger partial charge < -0.3 is 11.1 Å². The van der Waals surface area contributed by atoms with Crippen LogP contribution in [0.5, 0.6) is 0 Å². The highest BCUT2D eigenvalue weighted by molar-refractivity contribution is 6.30. The van der Waals surface area contributed by atoms with Crippen molar-refractivity contribution < 1.29 is 4.79 Å². The Balaban J connectivity index is 2.46. The van der Waals surface area contributed by atoms with E-state index in [0.717, 1.165) is 12.0 Å². The fourth-order valence-corrected chi connectivity index (χ4v) is 2.25. The highest BCUT2D eigenvalue weighted by Gasteiger charge is 2.17. The Kier molecular flexibility index (Phi) is 6.32. The molecule has 1 rings (SSSR count). The van der Waals surface area contributed by atoms with Gasteiger partial charge in [0.2, 0.25) is 5.91 Å². The van der Waals surface area contributed by atoms with Gasteiger partial charge in [-0.2, -0.15) is 0 Å². The van der Waals surface area contributed by atoms with Gasteiger partial charge in [0.1, 0.15) is 0 Å². The number of carbonyl (C=O) groups excluding carboxylic acids is 1. The first-order valence-electron chi connectivity index (χ1n) is 6.69. The van der Waals surface area contributed by atoms with Crippen LogP contribution in [-0.4, -0.2) is 18.0 Å². The monoisotopic (exact) mass is 282 g/mol. The molecule has 3 N–H and O–H groups in total. The summed E-state index contributed by atoms with van der Waals surface area (Å²) in [6.07, 6.45) is 1.45. The third-order valence-corrected chi connectivity index (χ3v) is 3.12. The molecule has 0 aliphatic rings. The Labute approximate surface area is 120 Å². The van der Waals surface area contributed by atoms with Crippen molar-refractivity contribution in [2.24, 2.45) is 11.7 Å². The molecule has 19 heavy (non-hydrogen) atoms. The summed E-state index contributed by atoms with van der Waals surface area (Å²) >= 11 is 5.93. The minimum absolute atomic E-state index is 0.0455. The number of halogens is 1. The van der Waals surface area contributed by atoms with Crippen LogP contribution in [0.1, 0.15) is 32.8 Å². The van der Waals surface area contributed by atoms with Crippen molar-refractivity contribution in [3.05, 3.63) is 34.9 Å². The van der Waals surface area contributed by atoms with E-state index in [4.69, 9.17) is 17.3 Å². The second kappa shape index (κ2) is 7.51. The molecule has 0 heterocycles. The Bertz CT molecular complexity index is 420. The van der Waals surface area contributed by atoms with Crippen LogP contribution in [0.25, 0.3) is 0 Å². The summed E-state index contributed by atoms with van der Waals surface area (Å²) in [5.74, 6) is 0.340. The molecule has 1 aromatic rings. The first kappa shape index (κ1) is 16.0. The molecule has 3 nitrogen and oxygen atoms in total.